The fourth-order valence-corrected chi connectivity index (χ4v) is 2.66. The summed E-state index contributed by atoms with van der Waals surface area (Å²) >= 11 is 1.32. The van der Waals surface area contributed by atoms with Crippen molar-refractivity contribution in [2.24, 2.45) is 0 Å². The average Bonchev–Trinajstić information content (AvgIpc) is 2.61. The van der Waals surface area contributed by atoms with Gasteiger partial charge in [0.25, 0.3) is 5.91 Å². The lowest BCUT2D eigenvalue weighted by Gasteiger charge is -2.15. The number of ether oxygens (including phenoxy) is 1. The zero-order valence-electron chi connectivity index (χ0n) is 14.1. The summed E-state index contributed by atoms with van der Waals surface area (Å²) in [6.07, 6.45) is 2.35. The van der Waals surface area contributed by atoms with Gasteiger partial charge in [-0.25, -0.2) is 9.78 Å². The van der Waals surface area contributed by atoms with E-state index < -0.39 is 18.0 Å². The molecule has 25 heavy (non-hydrogen) atoms. The Balaban J connectivity index is 2.08. The molecule has 1 N–H and O–H groups in total. The number of carbonyl (C=O) groups is 3. The summed E-state index contributed by atoms with van der Waals surface area (Å²) < 4.78 is 5.22. The molecule has 1 atom stereocenters. The Bertz CT molecular complexity index is 807. The molecular formula is C18H18N2O4S. The molecule has 1 heterocycles. The van der Waals surface area contributed by atoms with E-state index in [0.717, 1.165) is 0 Å². The molecule has 0 bridgehead atoms. The van der Waals surface area contributed by atoms with E-state index in [0.29, 0.717) is 21.8 Å². The van der Waals surface area contributed by atoms with Crippen LogP contribution in [0.4, 0.5) is 5.69 Å². The minimum atomic E-state index is -1.03. The number of esters is 1. The fraction of sp³-hybridized carbons (Fsp3) is 0.222. The first kappa shape index (κ1) is 18.7. The van der Waals surface area contributed by atoms with Gasteiger partial charge >= 0.3 is 5.97 Å². The lowest BCUT2D eigenvalue weighted by Crippen LogP contribution is -2.30. The van der Waals surface area contributed by atoms with Crippen molar-refractivity contribution < 1.29 is 19.1 Å². The molecule has 2 rings (SSSR count). The molecule has 1 amide bonds. The highest BCUT2D eigenvalue weighted by Gasteiger charge is 2.22. The maximum Gasteiger partial charge on any atom is 0.341 e. The van der Waals surface area contributed by atoms with Crippen LogP contribution < -0.4 is 5.32 Å². The van der Waals surface area contributed by atoms with Crippen molar-refractivity contribution in [3.63, 3.8) is 0 Å². The number of nitrogens with zero attached hydrogens (tertiary/aromatic N) is 1. The Morgan fingerprint density at radius 1 is 1.12 bits per heavy atom. The molecule has 0 aliphatic heterocycles. The highest BCUT2D eigenvalue weighted by Crippen LogP contribution is 2.19. The molecule has 0 saturated carbocycles. The smallest absolute Gasteiger partial charge is 0.341 e. The number of amides is 1. The molecule has 1 aromatic carbocycles. The second-order valence-electron chi connectivity index (χ2n) is 5.20. The van der Waals surface area contributed by atoms with Gasteiger partial charge in [0.1, 0.15) is 5.03 Å². The lowest BCUT2D eigenvalue weighted by molar-refractivity contribution is -0.123. The number of hydrogen-bond acceptors (Lipinski definition) is 6. The van der Waals surface area contributed by atoms with Gasteiger partial charge in [-0.2, -0.15) is 0 Å². The predicted molar refractivity (Wildman–Crippen MR) is 96.0 cm³/mol. The summed E-state index contributed by atoms with van der Waals surface area (Å²) in [5.41, 5.74) is 1.08. The summed E-state index contributed by atoms with van der Waals surface area (Å²) in [5, 5.41) is 3.15. The SMILES string of the molecule is CSc1ncccc1C(=O)O[C@H](C)C(=O)Nc1ccccc1C(C)=O. The minimum Gasteiger partial charge on any atom is -0.449 e. The number of thioether (sulfide) groups is 1. The van der Waals surface area contributed by atoms with Crippen LogP contribution in [-0.4, -0.2) is 35.0 Å². The number of rotatable bonds is 6. The largest absolute Gasteiger partial charge is 0.449 e. The van der Waals surface area contributed by atoms with Gasteiger partial charge in [0.2, 0.25) is 0 Å². The molecule has 1 aromatic heterocycles. The van der Waals surface area contributed by atoms with E-state index in [9.17, 15) is 14.4 Å². The van der Waals surface area contributed by atoms with Gasteiger partial charge in [-0.3, -0.25) is 9.59 Å². The third-order valence-electron chi connectivity index (χ3n) is 3.40. The molecule has 0 unspecified atom stereocenters. The van der Waals surface area contributed by atoms with E-state index >= 15 is 0 Å². The van der Waals surface area contributed by atoms with Gasteiger partial charge in [0.15, 0.2) is 11.9 Å². The maximum absolute atomic E-state index is 12.3. The maximum atomic E-state index is 12.3. The van der Waals surface area contributed by atoms with Crippen molar-refractivity contribution in [3.8, 4) is 0 Å². The van der Waals surface area contributed by atoms with E-state index in [-0.39, 0.29) is 5.78 Å². The second kappa shape index (κ2) is 8.43. The molecule has 7 heteroatoms. The van der Waals surface area contributed by atoms with Gasteiger partial charge < -0.3 is 10.1 Å². The first-order valence-electron chi connectivity index (χ1n) is 7.55. The summed E-state index contributed by atoms with van der Waals surface area (Å²) in [5.74, 6) is -1.31. The van der Waals surface area contributed by atoms with E-state index in [1.54, 1.807) is 48.9 Å². The van der Waals surface area contributed by atoms with Crippen LogP contribution in [0.2, 0.25) is 0 Å². The van der Waals surface area contributed by atoms with E-state index in [4.69, 9.17) is 4.74 Å². The van der Waals surface area contributed by atoms with Gasteiger partial charge in [-0.15, -0.1) is 11.8 Å². The molecule has 0 aliphatic rings. The normalized spacial score (nSPS) is 11.5. The van der Waals surface area contributed by atoms with Gasteiger partial charge in [0.05, 0.1) is 11.3 Å². The number of Topliss-reactive ketones (excluding diaryl/α,β-unsaturated/α-hetero) is 1. The highest BCUT2D eigenvalue weighted by molar-refractivity contribution is 7.98. The van der Waals surface area contributed by atoms with Gasteiger partial charge in [-0.1, -0.05) is 12.1 Å². The third kappa shape index (κ3) is 4.67. The minimum absolute atomic E-state index is 0.166. The van der Waals surface area contributed by atoms with E-state index in [1.165, 1.54) is 25.6 Å². The topological polar surface area (TPSA) is 85.4 Å². The number of pyridine rings is 1. The Labute approximate surface area is 150 Å². The van der Waals surface area contributed by atoms with E-state index in [1.807, 2.05) is 0 Å². The quantitative estimate of drug-likeness (QED) is 0.485. The number of ketones is 1. The summed E-state index contributed by atoms with van der Waals surface area (Å²) in [6.45, 7) is 2.89. The number of nitrogens with one attached hydrogen (secondary N) is 1. The zero-order valence-corrected chi connectivity index (χ0v) is 14.9. The molecular weight excluding hydrogens is 340 g/mol. The van der Waals surface area contributed by atoms with Crippen LogP contribution in [0.25, 0.3) is 0 Å². The van der Waals surface area contributed by atoms with Crippen molar-refractivity contribution in [1.29, 1.82) is 0 Å². The molecule has 0 radical (unpaired) electrons. The molecule has 0 spiro atoms. The Morgan fingerprint density at radius 3 is 2.48 bits per heavy atom. The van der Waals surface area contributed by atoms with Crippen LogP contribution in [0, 0.1) is 0 Å². The number of aromatic nitrogens is 1. The van der Waals surface area contributed by atoms with Gasteiger partial charge in [0, 0.05) is 11.8 Å². The standard InChI is InChI=1S/C18H18N2O4S/c1-11(21)13-7-4-5-9-15(13)20-16(22)12(2)24-18(23)14-8-6-10-19-17(14)25-3/h4-10,12H,1-3H3,(H,20,22)/t12-/m1/s1. The molecule has 0 aliphatic carbocycles. The van der Waals surface area contributed by atoms with E-state index in [2.05, 4.69) is 10.3 Å². The summed E-state index contributed by atoms with van der Waals surface area (Å²) in [7, 11) is 0. The van der Waals surface area contributed by atoms with Crippen LogP contribution in [0.3, 0.4) is 0 Å². The summed E-state index contributed by atoms with van der Waals surface area (Å²) in [6, 6.07) is 9.88. The number of carbonyl (C=O) groups excluding carboxylic acids is 3. The Hall–Kier alpha value is -2.67. The van der Waals surface area contributed by atoms with Crippen LogP contribution in [0.1, 0.15) is 34.6 Å². The Morgan fingerprint density at radius 2 is 1.80 bits per heavy atom. The monoisotopic (exact) mass is 358 g/mol. The molecule has 130 valence electrons. The average molecular weight is 358 g/mol. The molecule has 0 saturated heterocycles. The molecule has 2 aromatic rings. The predicted octanol–water partition coefficient (Wildman–Crippen LogP) is 3.19. The van der Waals surface area contributed by atoms with Crippen molar-refractivity contribution >= 4 is 35.1 Å². The first-order valence-corrected chi connectivity index (χ1v) is 8.77. The number of benzene rings is 1. The van der Waals surface area contributed by atoms with Crippen LogP contribution in [0.15, 0.2) is 47.6 Å². The Kier molecular flexibility index (Phi) is 6.30. The van der Waals surface area contributed by atoms with Crippen LogP contribution in [0.5, 0.6) is 0 Å². The van der Waals surface area contributed by atoms with Crippen molar-refractivity contribution in [2.75, 3.05) is 11.6 Å². The third-order valence-corrected chi connectivity index (χ3v) is 4.11. The highest BCUT2D eigenvalue weighted by atomic mass is 32.2. The first-order chi connectivity index (χ1) is 11.9. The fourth-order valence-electron chi connectivity index (χ4n) is 2.12. The zero-order chi connectivity index (χ0) is 18.4. The van der Waals surface area contributed by atoms with Crippen LogP contribution in [-0.2, 0) is 9.53 Å². The molecule has 6 nitrogen and oxygen atoms in total. The second-order valence-corrected chi connectivity index (χ2v) is 5.99. The van der Waals surface area contributed by atoms with Crippen molar-refractivity contribution in [3.05, 3.63) is 53.7 Å². The number of anilines is 1. The lowest BCUT2D eigenvalue weighted by atomic mass is 10.1. The number of para-hydroxylation sites is 1. The van der Waals surface area contributed by atoms with Crippen molar-refractivity contribution in [1.82, 2.24) is 4.98 Å². The summed E-state index contributed by atoms with van der Waals surface area (Å²) in [4.78, 5) is 40.2. The molecule has 0 fully saturated rings. The van der Waals surface area contributed by atoms with Crippen LogP contribution >= 0.6 is 11.8 Å². The van der Waals surface area contributed by atoms with Crippen molar-refractivity contribution in [2.45, 2.75) is 25.0 Å². The van der Waals surface area contributed by atoms with Gasteiger partial charge in [-0.05, 0) is 44.4 Å². The number of hydrogen-bond donors (Lipinski definition) is 1.